The van der Waals surface area contributed by atoms with Crippen LogP contribution in [-0.2, 0) is 17.8 Å². The highest BCUT2D eigenvalue weighted by atomic mass is 16.5. The summed E-state index contributed by atoms with van der Waals surface area (Å²) in [4.78, 5) is 14.9. The van der Waals surface area contributed by atoms with Crippen LogP contribution in [0.15, 0.2) is 22.7 Å². The van der Waals surface area contributed by atoms with Crippen LogP contribution in [0.1, 0.15) is 28.4 Å². The van der Waals surface area contributed by atoms with Gasteiger partial charge in [-0.25, -0.2) is 0 Å². The normalized spacial score (nSPS) is 10.7. The van der Waals surface area contributed by atoms with E-state index in [1.54, 1.807) is 0 Å². The lowest BCUT2D eigenvalue weighted by molar-refractivity contribution is -0.117. The summed E-state index contributed by atoms with van der Waals surface area (Å²) in [5.41, 5.74) is 8.67. The Kier molecular flexibility index (Phi) is 4.47. The number of carbonyl (C=O) groups excluding carboxylic acids is 1. The van der Waals surface area contributed by atoms with Crippen LogP contribution in [0.5, 0.6) is 0 Å². The maximum absolute atomic E-state index is 10.6. The zero-order valence-electron chi connectivity index (χ0n) is 11.6. The lowest BCUT2D eigenvalue weighted by Gasteiger charge is -2.02. The minimum Gasteiger partial charge on any atom is -0.369 e. The fourth-order valence-electron chi connectivity index (χ4n) is 1.82. The molecule has 106 valence electrons. The second-order valence-corrected chi connectivity index (χ2v) is 4.77. The van der Waals surface area contributed by atoms with E-state index in [9.17, 15) is 4.79 Å². The Labute approximate surface area is 117 Å². The first-order chi connectivity index (χ1) is 9.54. The van der Waals surface area contributed by atoms with Gasteiger partial charge >= 0.3 is 0 Å². The molecule has 0 unspecified atom stereocenters. The number of primary amides is 1. The predicted octanol–water partition coefficient (Wildman–Crippen LogP) is 0.852. The van der Waals surface area contributed by atoms with Crippen LogP contribution in [0.2, 0.25) is 0 Å². The van der Waals surface area contributed by atoms with Gasteiger partial charge < -0.3 is 10.3 Å². The van der Waals surface area contributed by atoms with Crippen molar-refractivity contribution in [1.29, 1.82) is 0 Å². The van der Waals surface area contributed by atoms with E-state index in [2.05, 4.69) is 47.5 Å². The van der Waals surface area contributed by atoms with Gasteiger partial charge in [0, 0.05) is 6.42 Å². The molecule has 0 fully saturated rings. The van der Waals surface area contributed by atoms with Crippen LogP contribution in [0.25, 0.3) is 0 Å². The van der Waals surface area contributed by atoms with Crippen LogP contribution in [0.4, 0.5) is 0 Å². The second-order valence-electron chi connectivity index (χ2n) is 4.77. The van der Waals surface area contributed by atoms with Crippen molar-refractivity contribution in [2.75, 3.05) is 6.54 Å². The molecule has 0 aliphatic heterocycles. The molecule has 1 heterocycles. The molecule has 0 bridgehead atoms. The lowest BCUT2D eigenvalue weighted by Crippen LogP contribution is -2.28. The number of rotatable bonds is 6. The van der Waals surface area contributed by atoms with Gasteiger partial charge in [0.25, 0.3) is 0 Å². The summed E-state index contributed by atoms with van der Waals surface area (Å²) < 4.78 is 5.10. The Morgan fingerprint density at radius 3 is 2.85 bits per heavy atom. The summed E-state index contributed by atoms with van der Waals surface area (Å²) in [6.07, 6.45) is 0.625. The molecule has 6 nitrogen and oxygen atoms in total. The molecule has 0 spiro atoms. The third kappa shape index (κ3) is 3.89. The molecule has 1 aromatic carbocycles. The number of nitrogens with two attached hydrogens (primary N) is 1. The molecule has 20 heavy (non-hydrogen) atoms. The van der Waals surface area contributed by atoms with Gasteiger partial charge in [-0.15, -0.1) is 0 Å². The first-order valence-electron chi connectivity index (χ1n) is 6.41. The van der Waals surface area contributed by atoms with Gasteiger partial charge in [0.2, 0.25) is 11.8 Å². The molecule has 0 aliphatic rings. The van der Waals surface area contributed by atoms with Crippen molar-refractivity contribution in [2.45, 2.75) is 26.8 Å². The Morgan fingerprint density at radius 1 is 1.35 bits per heavy atom. The van der Waals surface area contributed by atoms with Crippen molar-refractivity contribution >= 4 is 5.91 Å². The molecular weight excluding hydrogens is 256 g/mol. The van der Waals surface area contributed by atoms with Crippen LogP contribution < -0.4 is 11.1 Å². The number of nitrogens with zero attached hydrogens (tertiary/aromatic N) is 2. The van der Waals surface area contributed by atoms with Gasteiger partial charge in [-0.2, -0.15) is 4.98 Å². The largest absolute Gasteiger partial charge is 0.369 e. The third-order valence-electron chi connectivity index (χ3n) is 3.02. The highest BCUT2D eigenvalue weighted by Crippen LogP contribution is 2.12. The molecule has 2 aromatic rings. The standard InChI is InChI=1S/C14H18N4O2/c1-9-3-4-11(5-10(9)2)6-13-17-14(20-18-13)8-16-7-12(15)19/h3-5,16H,6-8H2,1-2H3,(H2,15,19). The lowest BCUT2D eigenvalue weighted by atomic mass is 10.0. The first kappa shape index (κ1) is 14.2. The number of hydrogen-bond acceptors (Lipinski definition) is 5. The average Bonchev–Trinajstić information content (AvgIpc) is 2.81. The molecule has 0 radical (unpaired) electrons. The van der Waals surface area contributed by atoms with Crippen molar-refractivity contribution in [3.8, 4) is 0 Å². The van der Waals surface area contributed by atoms with Gasteiger partial charge in [-0.05, 0) is 30.5 Å². The van der Waals surface area contributed by atoms with E-state index in [-0.39, 0.29) is 6.54 Å². The monoisotopic (exact) mass is 274 g/mol. The zero-order chi connectivity index (χ0) is 14.5. The average molecular weight is 274 g/mol. The second kappa shape index (κ2) is 6.29. The van der Waals surface area contributed by atoms with Crippen LogP contribution in [0.3, 0.4) is 0 Å². The predicted molar refractivity (Wildman–Crippen MR) is 73.9 cm³/mol. The van der Waals surface area contributed by atoms with Crippen LogP contribution >= 0.6 is 0 Å². The molecule has 0 saturated carbocycles. The fraction of sp³-hybridized carbons (Fsp3) is 0.357. The zero-order valence-corrected chi connectivity index (χ0v) is 11.6. The minimum atomic E-state index is -0.417. The quantitative estimate of drug-likeness (QED) is 0.814. The van der Waals surface area contributed by atoms with Crippen molar-refractivity contribution in [2.24, 2.45) is 5.73 Å². The third-order valence-corrected chi connectivity index (χ3v) is 3.02. The Hall–Kier alpha value is -2.21. The molecule has 6 heteroatoms. The van der Waals surface area contributed by atoms with Crippen LogP contribution in [0, 0.1) is 13.8 Å². The number of carbonyl (C=O) groups is 1. The highest BCUT2D eigenvalue weighted by Gasteiger charge is 2.07. The number of nitrogens with one attached hydrogen (secondary N) is 1. The molecular formula is C14H18N4O2. The number of amides is 1. The summed E-state index contributed by atoms with van der Waals surface area (Å²) in [5.74, 6) is 0.661. The number of benzene rings is 1. The minimum absolute atomic E-state index is 0.0921. The molecule has 1 amide bonds. The Bertz CT molecular complexity index is 607. The number of aromatic nitrogens is 2. The van der Waals surface area contributed by atoms with E-state index in [1.807, 2.05) is 0 Å². The maximum atomic E-state index is 10.6. The van der Waals surface area contributed by atoms with Crippen molar-refractivity contribution in [3.05, 3.63) is 46.6 Å². The van der Waals surface area contributed by atoms with Crippen LogP contribution in [-0.4, -0.2) is 22.6 Å². The van der Waals surface area contributed by atoms with Crippen molar-refractivity contribution in [1.82, 2.24) is 15.5 Å². The van der Waals surface area contributed by atoms with E-state index in [0.29, 0.717) is 24.7 Å². The molecule has 0 aliphatic carbocycles. The van der Waals surface area contributed by atoms with Gasteiger partial charge in [-0.1, -0.05) is 23.4 Å². The van der Waals surface area contributed by atoms with Gasteiger partial charge in [0.15, 0.2) is 5.82 Å². The van der Waals surface area contributed by atoms with Gasteiger partial charge in [-0.3, -0.25) is 10.1 Å². The van der Waals surface area contributed by atoms with E-state index in [1.165, 1.54) is 11.1 Å². The first-order valence-corrected chi connectivity index (χ1v) is 6.41. The molecule has 1 aromatic heterocycles. The Balaban J connectivity index is 1.95. The maximum Gasteiger partial charge on any atom is 0.240 e. The summed E-state index contributed by atoms with van der Waals surface area (Å²) in [7, 11) is 0. The molecule has 0 atom stereocenters. The summed E-state index contributed by atoms with van der Waals surface area (Å²) in [6.45, 7) is 4.59. The van der Waals surface area contributed by atoms with Gasteiger partial charge in [0.1, 0.15) is 0 Å². The fourth-order valence-corrected chi connectivity index (χ4v) is 1.82. The van der Waals surface area contributed by atoms with Crippen molar-refractivity contribution < 1.29 is 9.32 Å². The molecule has 3 N–H and O–H groups in total. The van der Waals surface area contributed by atoms with Crippen molar-refractivity contribution in [3.63, 3.8) is 0 Å². The summed E-state index contributed by atoms with van der Waals surface area (Å²) in [6, 6.07) is 6.26. The highest BCUT2D eigenvalue weighted by molar-refractivity contribution is 5.75. The summed E-state index contributed by atoms with van der Waals surface area (Å²) in [5, 5.41) is 6.74. The number of aryl methyl sites for hydroxylation is 2. The SMILES string of the molecule is Cc1ccc(Cc2noc(CNCC(N)=O)n2)cc1C. The smallest absolute Gasteiger partial charge is 0.240 e. The molecule has 2 rings (SSSR count). The summed E-state index contributed by atoms with van der Waals surface area (Å²) >= 11 is 0. The topological polar surface area (TPSA) is 94.0 Å². The molecule has 0 saturated heterocycles. The number of hydrogen-bond donors (Lipinski definition) is 2. The van der Waals surface area contributed by atoms with E-state index >= 15 is 0 Å². The van der Waals surface area contributed by atoms with E-state index < -0.39 is 5.91 Å². The van der Waals surface area contributed by atoms with Gasteiger partial charge in [0.05, 0.1) is 13.1 Å². The van der Waals surface area contributed by atoms with E-state index in [0.717, 1.165) is 5.56 Å². The Morgan fingerprint density at radius 2 is 2.15 bits per heavy atom. The van der Waals surface area contributed by atoms with E-state index in [4.69, 9.17) is 10.3 Å².